The van der Waals surface area contributed by atoms with E-state index in [1.54, 1.807) is 0 Å². The van der Waals surface area contributed by atoms with Crippen LogP contribution in [0.2, 0.25) is 0 Å². The minimum absolute atomic E-state index is 0. The summed E-state index contributed by atoms with van der Waals surface area (Å²) < 4.78 is 8.44. The molecule has 1 nitrogen and oxygen atoms in total. The van der Waals surface area contributed by atoms with Crippen LogP contribution in [0.4, 0.5) is 0 Å². The van der Waals surface area contributed by atoms with Crippen molar-refractivity contribution in [2.45, 2.75) is 0 Å². The Morgan fingerprint density at radius 2 is 1.25 bits per heavy atom. The molecule has 6 aromatic carbocycles. The van der Waals surface area contributed by atoms with E-state index >= 15 is 0 Å². The van der Waals surface area contributed by atoms with Gasteiger partial charge in [-0.15, -0.1) is 56.8 Å². The van der Waals surface area contributed by atoms with Gasteiger partial charge in [0.25, 0.3) is 0 Å². The molecule has 0 aliphatic rings. The second-order valence-corrected chi connectivity index (χ2v) is 10.5. The van der Waals surface area contributed by atoms with Crippen molar-refractivity contribution >= 4 is 88.7 Å². The third-order valence-corrected chi connectivity index (χ3v) is 7.79. The summed E-state index contributed by atoms with van der Waals surface area (Å²) in [5, 5.41) is 7.72. The summed E-state index contributed by atoms with van der Waals surface area (Å²) in [7, 11) is 0. The normalized spacial score (nSPS) is 10.4. The molecule has 7 aromatic rings. The molecule has 0 saturated heterocycles. The van der Waals surface area contributed by atoms with Gasteiger partial charge in [-0.3, -0.25) is 0 Å². The van der Waals surface area contributed by atoms with Crippen LogP contribution in [0.5, 0.6) is 0 Å². The van der Waals surface area contributed by atoms with Crippen molar-refractivity contribution in [3.63, 3.8) is 0 Å². The minimum Gasteiger partial charge on any atom is -1.00 e. The summed E-state index contributed by atoms with van der Waals surface area (Å²) in [6.07, 6.45) is 0. The first kappa shape index (κ1) is 29.4. The van der Waals surface area contributed by atoms with E-state index in [9.17, 15) is 0 Å². The largest absolute Gasteiger partial charge is 4.00 e. The first-order valence-corrected chi connectivity index (χ1v) is 12.9. The van der Waals surface area contributed by atoms with Gasteiger partial charge in [-0.2, -0.15) is 0 Å². The molecule has 1 aromatic heterocycles. The van der Waals surface area contributed by atoms with E-state index in [0.717, 1.165) is 11.2 Å². The molecule has 0 N–H and O–H groups in total. The van der Waals surface area contributed by atoms with Gasteiger partial charge in [-0.25, -0.2) is 0 Å². The van der Waals surface area contributed by atoms with Gasteiger partial charge in [-0.1, -0.05) is 123 Å². The minimum atomic E-state index is 0. The topological polar surface area (TPSA) is 13.1 Å². The third kappa shape index (κ3) is 5.94. The second-order valence-electron chi connectivity index (χ2n) is 8.13. The van der Waals surface area contributed by atoms with Gasteiger partial charge < -0.3 is 29.2 Å². The van der Waals surface area contributed by atoms with Crippen LogP contribution >= 0.6 is 45.2 Å². The van der Waals surface area contributed by atoms with Crippen molar-refractivity contribution in [3.8, 4) is 11.1 Å². The van der Waals surface area contributed by atoms with Crippen molar-refractivity contribution in [1.29, 1.82) is 0 Å². The van der Waals surface area contributed by atoms with E-state index in [1.807, 2.05) is 12.1 Å². The molecule has 0 spiro atoms. The maximum absolute atomic E-state index is 5.88. The Morgan fingerprint density at radius 3 is 2.03 bits per heavy atom. The summed E-state index contributed by atoms with van der Waals surface area (Å²) in [5.41, 5.74) is 4.41. The monoisotopic (exact) mass is 808 g/mol. The van der Waals surface area contributed by atoms with Crippen LogP contribution in [0.1, 0.15) is 0 Å². The fraction of sp³-hybridized carbons (Fsp3) is 0. The van der Waals surface area contributed by atoms with E-state index in [0.29, 0.717) is 0 Å². The van der Waals surface area contributed by atoms with Crippen LogP contribution in [0.3, 0.4) is 0 Å². The van der Waals surface area contributed by atoms with Crippen molar-refractivity contribution in [2.75, 3.05) is 0 Å². The molecule has 0 fully saturated rings. The molecule has 0 aliphatic heterocycles. The van der Waals surface area contributed by atoms with Crippen LogP contribution < -0.4 is 24.8 Å². The quantitative estimate of drug-likeness (QED) is 0.182. The molecule has 0 unspecified atom stereocenters. The molecule has 6 heteroatoms. The van der Waals surface area contributed by atoms with Crippen molar-refractivity contribution in [3.05, 3.63) is 116 Å². The fourth-order valence-electron chi connectivity index (χ4n) is 4.34. The first-order valence-electron chi connectivity index (χ1n) is 10.7. The standard InChI is InChI=1S/C15H8IO.C15H10I.2ClH.Zr/c16-15-8-13-6-11-4-10(7-14(11)15)9-2-1-3-12(5-9)17-13;16-15-8-4-7-12-9-13(10-14(12)15)11-5-2-1-3-6-11;;;/h1-8H;1-10H;2*1H;/q2*-1;;;+4/p-2. The number of fused-ring (bicyclic) bond motifs is 6. The van der Waals surface area contributed by atoms with E-state index < -0.39 is 0 Å². The number of benzene rings is 4. The average Bonchev–Trinajstić information content (AvgIpc) is 3.46. The van der Waals surface area contributed by atoms with Crippen LogP contribution in [0.15, 0.2) is 114 Å². The van der Waals surface area contributed by atoms with Gasteiger partial charge in [0, 0.05) is 0 Å². The van der Waals surface area contributed by atoms with E-state index in [2.05, 4.69) is 142 Å². The van der Waals surface area contributed by atoms with Crippen molar-refractivity contribution in [2.24, 2.45) is 0 Å². The Labute approximate surface area is 268 Å². The molecule has 5 bridgehead atoms. The Bertz CT molecular complexity index is 1750. The summed E-state index contributed by atoms with van der Waals surface area (Å²) in [6.45, 7) is 0. The van der Waals surface area contributed by atoms with Crippen LogP contribution in [-0.2, 0) is 26.2 Å². The van der Waals surface area contributed by atoms with Crippen molar-refractivity contribution < 1.29 is 55.4 Å². The third-order valence-electron chi connectivity index (χ3n) is 5.95. The second kappa shape index (κ2) is 12.6. The number of hydrogen-bond donors (Lipinski definition) is 0. The molecule has 0 radical (unpaired) electrons. The first-order chi connectivity index (χ1) is 16.1. The number of rotatable bonds is 1. The molecule has 7 rings (SSSR count). The predicted molar refractivity (Wildman–Crippen MR) is 157 cm³/mol. The molecule has 1 heterocycles. The summed E-state index contributed by atoms with van der Waals surface area (Å²) in [4.78, 5) is 0. The number of halogens is 4. The molecule has 0 atom stereocenters. The van der Waals surface area contributed by atoms with E-state index in [4.69, 9.17) is 4.42 Å². The Hall–Kier alpha value is -1.18. The van der Waals surface area contributed by atoms with Gasteiger partial charge in [0.15, 0.2) is 0 Å². The Balaban J connectivity index is 0.000000185. The zero-order valence-electron chi connectivity index (χ0n) is 18.8. The van der Waals surface area contributed by atoms with Crippen LogP contribution in [-0.4, -0.2) is 0 Å². The average molecular weight is 810 g/mol. The maximum Gasteiger partial charge on any atom is 4.00 e. The summed E-state index contributed by atoms with van der Waals surface area (Å²) in [6, 6.07) is 38.4. The van der Waals surface area contributed by atoms with Gasteiger partial charge >= 0.3 is 26.2 Å². The molecule has 36 heavy (non-hydrogen) atoms. The molecule has 0 amide bonds. The zero-order valence-corrected chi connectivity index (χ0v) is 27.1. The zero-order chi connectivity index (χ0) is 22.4. The Kier molecular flexibility index (Phi) is 10.3. The van der Waals surface area contributed by atoms with Gasteiger partial charge in [0.1, 0.15) is 11.2 Å². The number of hydrogen-bond acceptors (Lipinski definition) is 1. The summed E-state index contributed by atoms with van der Waals surface area (Å²) >= 11 is 4.76. The van der Waals surface area contributed by atoms with E-state index in [-0.39, 0.29) is 51.0 Å². The SMILES string of the molecule is Ic1cc2cc3cc([cH-]c13)c1cccc(c1)o2.Ic1cccc2cc(-c3ccccc3)[cH-]c12.[Cl-].[Cl-].[Zr+4]. The predicted octanol–water partition coefficient (Wildman–Crippen LogP) is 3.90. The molecular weight excluding hydrogens is 792 g/mol. The van der Waals surface area contributed by atoms with Gasteiger partial charge in [0.05, 0.1) is 0 Å². The summed E-state index contributed by atoms with van der Waals surface area (Å²) in [5.74, 6) is 0. The van der Waals surface area contributed by atoms with Gasteiger partial charge in [0.2, 0.25) is 0 Å². The fourth-order valence-corrected chi connectivity index (χ4v) is 5.79. The van der Waals surface area contributed by atoms with Gasteiger partial charge in [-0.05, 0) is 25.3 Å². The molecule has 0 aliphatic carbocycles. The molecular formula is C30H18Cl2I2OZr. The molecule has 176 valence electrons. The smallest absolute Gasteiger partial charge is 1.00 e. The van der Waals surface area contributed by atoms with Crippen LogP contribution in [0.25, 0.3) is 54.6 Å². The molecule has 0 saturated carbocycles. The van der Waals surface area contributed by atoms with Crippen LogP contribution in [0, 0.1) is 7.14 Å². The van der Waals surface area contributed by atoms with E-state index in [1.165, 1.54) is 50.6 Å². The maximum atomic E-state index is 5.88. The van der Waals surface area contributed by atoms with Crippen molar-refractivity contribution in [1.82, 2.24) is 0 Å². The Morgan fingerprint density at radius 1 is 0.556 bits per heavy atom.